The van der Waals surface area contributed by atoms with E-state index in [0.717, 1.165) is 12.1 Å². The van der Waals surface area contributed by atoms with Crippen molar-refractivity contribution in [2.24, 2.45) is 0 Å². The van der Waals surface area contributed by atoms with E-state index in [1.54, 1.807) is 6.07 Å². The van der Waals surface area contributed by atoms with Crippen LogP contribution in [0.1, 0.15) is 11.4 Å². The Morgan fingerprint density at radius 3 is 2.65 bits per heavy atom. The minimum Gasteiger partial charge on any atom is -0.309 e. The topological polar surface area (TPSA) is 49.0 Å². The van der Waals surface area contributed by atoms with Gasteiger partial charge in [-0.3, -0.25) is 9.69 Å². The first-order valence-corrected chi connectivity index (χ1v) is 7.60. The van der Waals surface area contributed by atoms with Crippen LogP contribution < -0.4 is 5.56 Å². The minimum absolute atomic E-state index is 0.0844. The molecule has 3 rings (SSSR count). The van der Waals surface area contributed by atoms with Crippen molar-refractivity contribution >= 4 is 17.0 Å². The summed E-state index contributed by atoms with van der Waals surface area (Å²) in [6.07, 6.45) is 4.20. The van der Waals surface area contributed by atoms with Crippen LogP contribution in [-0.2, 0) is 6.54 Å². The zero-order valence-corrected chi connectivity index (χ0v) is 13.1. The predicted molar refractivity (Wildman–Crippen MR) is 94.2 cm³/mol. The zero-order valence-electron chi connectivity index (χ0n) is 13.1. The first-order valence-electron chi connectivity index (χ1n) is 7.60. The molecule has 23 heavy (non-hydrogen) atoms. The molecule has 1 aromatic heterocycles. The molecule has 4 heteroatoms. The molecule has 0 aliphatic heterocycles. The molecular formula is C19H19N3O. The van der Waals surface area contributed by atoms with Crippen LogP contribution in [0.4, 0.5) is 0 Å². The summed E-state index contributed by atoms with van der Waals surface area (Å²) in [5.41, 5.74) is 1.83. The lowest BCUT2D eigenvalue weighted by molar-refractivity contribution is 0.354. The lowest BCUT2D eigenvalue weighted by Crippen LogP contribution is -2.22. The maximum absolute atomic E-state index is 12.1. The average Bonchev–Trinajstić information content (AvgIpc) is 2.56. The molecule has 0 spiro atoms. The van der Waals surface area contributed by atoms with E-state index >= 15 is 0 Å². The second kappa shape index (κ2) is 7.03. The van der Waals surface area contributed by atoms with Crippen molar-refractivity contribution < 1.29 is 0 Å². The van der Waals surface area contributed by atoms with Crippen molar-refractivity contribution in [1.82, 2.24) is 14.9 Å². The number of nitrogens with zero attached hydrogens (tertiary/aromatic N) is 2. The van der Waals surface area contributed by atoms with Gasteiger partial charge in [-0.25, -0.2) is 4.98 Å². The van der Waals surface area contributed by atoms with Gasteiger partial charge in [-0.1, -0.05) is 54.6 Å². The quantitative estimate of drug-likeness (QED) is 0.788. The van der Waals surface area contributed by atoms with Crippen molar-refractivity contribution in [2.45, 2.75) is 6.54 Å². The van der Waals surface area contributed by atoms with E-state index in [2.05, 4.69) is 39.2 Å². The van der Waals surface area contributed by atoms with Crippen LogP contribution in [0.3, 0.4) is 0 Å². The van der Waals surface area contributed by atoms with Gasteiger partial charge >= 0.3 is 0 Å². The van der Waals surface area contributed by atoms with E-state index in [-0.39, 0.29) is 5.56 Å². The minimum atomic E-state index is -0.0844. The summed E-state index contributed by atoms with van der Waals surface area (Å²) in [7, 11) is 2.00. The van der Waals surface area contributed by atoms with Crippen LogP contribution in [0.5, 0.6) is 0 Å². The Hall–Kier alpha value is -2.72. The summed E-state index contributed by atoms with van der Waals surface area (Å²) < 4.78 is 0. The van der Waals surface area contributed by atoms with E-state index in [4.69, 9.17) is 0 Å². The molecule has 0 fully saturated rings. The fourth-order valence-corrected chi connectivity index (χ4v) is 2.46. The van der Waals surface area contributed by atoms with E-state index in [1.807, 2.05) is 43.4 Å². The molecule has 1 heterocycles. The number of para-hydroxylation sites is 1. The van der Waals surface area contributed by atoms with Gasteiger partial charge in [0.1, 0.15) is 5.82 Å². The maximum atomic E-state index is 12.1. The van der Waals surface area contributed by atoms with Gasteiger partial charge in [-0.2, -0.15) is 0 Å². The third kappa shape index (κ3) is 3.93. The molecule has 0 saturated carbocycles. The summed E-state index contributed by atoms with van der Waals surface area (Å²) in [6, 6.07) is 17.6. The van der Waals surface area contributed by atoms with Crippen molar-refractivity contribution in [2.75, 3.05) is 13.6 Å². The van der Waals surface area contributed by atoms with Gasteiger partial charge in [0, 0.05) is 6.54 Å². The molecule has 0 aliphatic rings. The van der Waals surface area contributed by atoms with Gasteiger partial charge in [-0.05, 0) is 24.7 Å². The highest BCUT2D eigenvalue weighted by Gasteiger charge is 2.05. The number of nitrogens with one attached hydrogen (secondary N) is 1. The van der Waals surface area contributed by atoms with E-state index < -0.39 is 0 Å². The van der Waals surface area contributed by atoms with Gasteiger partial charge in [0.15, 0.2) is 0 Å². The lowest BCUT2D eigenvalue weighted by atomic mass is 10.2. The first-order chi connectivity index (χ1) is 11.2. The molecule has 0 amide bonds. The van der Waals surface area contributed by atoms with E-state index in [1.165, 1.54) is 5.56 Å². The van der Waals surface area contributed by atoms with Gasteiger partial charge < -0.3 is 4.98 Å². The second-order valence-electron chi connectivity index (χ2n) is 5.54. The number of H-pyrrole nitrogens is 1. The number of hydrogen-bond acceptors (Lipinski definition) is 3. The Kier molecular flexibility index (Phi) is 4.64. The predicted octanol–water partition coefficient (Wildman–Crippen LogP) is 3.07. The first kappa shape index (κ1) is 15.2. The highest BCUT2D eigenvalue weighted by molar-refractivity contribution is 5.77. The molecule has 3 aromatic rings. The van der Waals surface area contributed by atoms with Crippen LogP contribution in [0.25, 0.3) is 17.0 Å². The Bertz CT molecular complexity index is 868. The summed E-state index contributed by atoms with van der Waals surface area (Å²) in [4.78, 5) is 21.5. The third-order valence-corrected chi connectivity index (χ3v) is 3.61. The number of aromatic amines is 1. The molecule has 0 radical (unpaired) electrons. The molecule has 0 aliphatic carbocycles. The summed E-state index contributed by atoms with van der Waals surface area (Å²) >= 11 is 0. The van der Waals surface area contributed by atoms with Gasteiger partial charge in [0.25, 0.3) is 5.56 Å². The number of fused-ring (bicyclic) bond motifs is 1. The fraction of sp³-hybridized carbons (Fsp3) is 0.158. The van der Waals surface area contributed by atoms with Gasteiger partial charge in [0.05, 0.1) is 17.4 Å². The zero-order chi connectivity index (χ0) is 16.1. The number of hydrogen-bond donors (Lipinski definition) is 1. The molecule has 0 unspecified atom stereocenters. The third-order valence-electron chi connectivity index (χ3n) is 3.61. The molecule has 116 valence electrons. The fourth-order valence-electron chi connectivity index (χ4n) is 2.46. The SMILES string of the molecule is CN(CC=Cc1ccccc1)Cc1nc2ccccc2c(=O)[nH]1. The van der Waals surface area contributed by atoms with E-state index in [9.17, 15) is 4.79 Å². The maximum Gasteiger partial charge on any atom is 0.258 e. The Morgan fingerprint density at radius 2 is 1.83 bits per heavy atom. The molecule has 2 aromatic carbocycles. The molecule has 4 nitrogen and oxygen atoms in total. The second-order valence-corrected chi connectivity index (χ2v) is 5.54. The Balaban J connectivity index is 1.67. The largest absolute Gasteiger partial charge is 0.309 e. The highest BCUT2D eigenvalue weighted by atomic mass is 16.1. The summed E-state index contributed by atoms with van der Waals surface area (Å²) in [6.45, 7) is 1.38. The number of likely N-dealkylation sites (N-methyl/N-ethyl adjacent to an activating group) is 1. The van der Waals surface area contributed by atoms with E-state index in [0.29, 0.717) is 17.8 Å². The number of rotatable bonds is 5. The normalized spacial score (nSPS) is 11.6. The van der Waals surface area contributed by atoms with Crippen LogP contribution in [-0.4, -0.2) is 28.5 Å². The van der Waals surface area contributed by atoms with Crippen LogP contribution in [0.2, 0.25) is 0 Å². The summed E-state index contributed by atoms with van der Waals surface area (Å²) in [5, 5.41) is 0.628. The Morgan fingerprint density at radius 1 is 1.09 bits per heavy atom. The summed E-state index contributed by atoms with van der Waals surface area (Å²) in [5.74, 6) is 0.685. The highest BCUT2D eigenvalue weighted by Crippen LogP contribution is 2.07. The van der Waals surface area contributed by atoms with Gasteiger partial charge in [-0.15, -0.1) is 0 Å². The van der Waals surface area contributed by atoms with Crippen LogP contribution in [0.15, 0.2) is 65.5 Å². The molecule has 0 saturated heterocycles. The van der Waals surface area contributed by atoms with Crippen molar-refractivity contribution in [3.63, 3.8) is 0 Å². The molecule has 0 bridgehead atoms. The molecular weight excluding hydrogens is 286 g/mol. The van der Waals surface area contributed by atoms with Crippen LogP contribution in [0, 0.1) is 0 Å². The van der Waals surface area contributed by atoms with Gasteiger partial charge in [0.2, 0.25) is 0 Å². The molecule has 1 N–H and O–H groups in total. The van der Waals surface area contributed by atoms with Crippen LogP contribution >= 0.6 is 0 Å². The lowest BCUT2D eigenvalue weighted by Gasteiger charge is -2.13. The Labute approximate surface area is 135 Å². The molecule has 0 atom stereocenters. The number of benzene rings is 2. The number of aromatic nitrogens is 2. The average molecular weight is 305 g/mol. The van der Waals surface area contributed by atoms with Crippen molar-refractivity contribution in [3.05, 3.63) is 82.4 Å². The smallest absolute Gasteiger partial charge is 0.258 e. The van der Waals surface area contributed by atoms with Crippen molar-refractivity contribution in [1.29, 1.82) is 0 Å². The standard InChI is InChI=1S/C19H19N3O/c1-22(13-7-10-15-8-3-2-4-9-15)14-18-20-17-12-6-5-11-16(17)19(23)21-18/h2-12H,13-14H2,1H3,(H,20,21,23). The monoisotopic (exact) mass is 305 g/mol. The van der Waals surface area contributed by atoms with Crippen molar-refractivity contribution in [3.8, 4) is 0 Å².